The van der Waals surface area contributed by atoms with Crippen LogP contribution in [0, 0.1) is 0 Å². The van der Waals surface area contributed by atoms with Crippen LogP contribution in [0.25, 0.3) is 0 Å². The van der Waals surface area contributed by atoms with Crippen molar-refractivity contribution in [3.8, 4) is 5.75 Å². The first kappa shape index (κ1) is 21.8. The summed E-state index contributed by atoms with van der Waals surface area (Å²) in [6.07, 6.45) is 1.16. The van der Waals surface area contributed by atoms with Crippen LogP contribution in [0.1, 0.15) is 11.1 Å². The first-order valence-corrected chi connectivity index (χ1v) is 9.34. The Morgan fingerprint density at radius 2 is 1.93 bits per heavy atom. The van der Waals surface area contributed by atoms with Crippen molar-refractivity contribution in [2.24, 2.45) is 0 Å². The fourth-order valence-electron chi connectivity index (χ4n) is 2.97. The number of fused-ring (bicyclic) bond motifs is 1. The lowest BCUT2D eigenvalue weighted by Gasteiger charge is -2.19. The summed E-state index contributed by atoms with van der Waals surface area (Å²) >= 11 is 12.0. The van der Waals surface area contributed by atoms with Crippen molar-refractivity contribution in [3.63, 3.8) is 0 Å². The van der Waals surface area contributed by atoms with Crippen molar-refractivity contribution >= 4 is 47.2 Å². The molecule has 3 rings (SSSR count). The molecule has 4 nitrogen and oxygen atoms in total. The van der Waals surface area contributed by atoms with Gasteiger partial charge in [-0.15, -0.1) is 12.4 Å². The molecule has 0 aliphatic carbocycles. The largest absolute Gasteiger partial charge is 0.492 e. The number of likely N-dealkylation sites (N-methyl/N-ethyl adjacent to an activating group) is 1. The molecular formula is C20H23Cl3N2O2. The zero-order valence-electron chi connectivity index (χ0n) is 15.4. The lowest BCUT2D eigenvalue weighted by Crippen LogP contribution is -2.30. The van der Waals surface area contributed by atoms with Gasteiger partial charge in [0.05, 0.1) is 22.2 Å². The van der Waals surface area contributed by atoms with Gasteiger partial charge in [0.1, 0.15) is 12.4 Å². The standard InChI is InChI=1S/C20H22Cl2N2O2.ClH/c1-23(2)9-10-26-16-5-4-15-7-8-24(19(15)13-16)20(25)12-14-3-6-17(21)18(22)11-14;/h3-6,11,13H,7-10,12H2,1-2H3;1H. The molecule has 0 spiro atoms. The predicted molar refractivity (Wildman–Crippen MR) is 114 cm³/mol. The number of benzene rings is 2. The summed E-state index contributed by atoms with van der Waals surface area (Å²) in [5.74, 6) is 0.840. The topological polar surface area (TPSA) is 32.8 Å². The van der Waals surface area contributed by atoms with Crippen LogP contribution < -0.4 is 9.64 Å². The maximum absolute atomic E-state index is 12.8. The van der Waals surface area contributed by atoms with Crippen LogP contribution in [0.15, 0.2) is 36.4 Å². The molecule has 0 N–H and O–H groups in total. The third kappa shape index (κ3) is 5.52. The molecule has 0 radical (unpaired) electrons. The van der Waals surface area contributed by atoms with Gasteiger partial charge in [0.25, 0.3) is 0 Å². The van der Waals surface area contributed by atoms with Crippen LogP contribution in [0.3, 0.4) is 0 Å². The number of carbonyl (C=O) groups excluding carboxylic acids is 1. The summed E-state index contributed by atoms with van der Waals surface area (Å²) in [7, 11) is 4.02. The monoisotopic (exact) mass is 428 g/mol. The Kier molecular flexibility index (Phi) is 7.80. The van der Waals surface area contributed by atoms with E-state index in [1.165, 1.54) is 5.56 Å². The van der Waals surface area contributed by atoms with E-state index in [-0.39, 0.29) is 18.3 Å². The van der Waals surface area contributed by atoms with Crippen LogP contribution in [0.2, 0.25) is 10.0 Å². The van der Waals surface area contributed by atoms with Gasteiger partial charge in [0, 0.05) is 19.2 Å². The Hall–Kier alpha value is -1.46. The summed E-state index contributed by atoms with van der Waals surface area (Å²) in [6, 6.07) is 11.3. The fourth-order valence-corrected chi connectivity index (χ4v) is 3.29. The molecule has 0 aromatic heterocycles. The summed E-state index contributed by atoms with van der Waals surface area (Å²) in [4.78, 5) is 16.7. The second kappa shape index (κ2) is 9.65. The van der Waals surface area contributed by atoms with Crippen molar-refractivity contribution < 1.29 is 9.53 Å². The molecule has 2 aromatic carbocycles. The highest BCUT2D eigenvalue weighted by atomic mass is 35.5. The molecule has 1 amide bonds. The number of anilines is 1. The van der Waals surface area contributed by atoms with Gasteiger partial charge in [0.15, 0.2) is 0 Å². The normalized spacial score (nSPS) is 12.7. The highest BCUT2D eigenvalue weighted by molar-refractivity contribution is 6.42. The summed E-state index contributed by atoms with van der Waals surface area (Å²) in [6.45, 7) is 2.15. The Bertz CT molecular complexity index is 812. The Morgan fingerprint density at radius 1 is 1.15 bits per heavy atom. The van der Waals surface area contributed by atoms with E-state index in [1.807, 2.05) is 43.3 Å². The van der Waals surface area contributed by atoms with Gasteiger partial charge < -0.3 is 14.5 Å². The minimum atomic E-state index is 0. The highest BCUT2D eigenvalue weighted by Gasteiger charge is 2.25. The molecule has 1 aliphatic heterocycles. The number of hydrogen-bond acceptors (Lipinski definition) is 3. The Labute approximate surface area is 176 Å². The predicted octanol–water partition coefficient (Wildman–Crippen LogP) is 4.49. The number of amides is 1. The molecule has 1 heterocycles. The van der Waals surface area contributed by atoms with Crippen LogP contribution >= 0.6 is 35.6 Å². The second-order valence-electron chi connectivity index (χ2n) is 6.66. The molecular weight excluding hydrogens is 407 g/mol. The molecule has 0 fully saturated rings. The number of ether oxygens (including phenoxy) is 1. The van der Waals surface area contributed by atoms with Gasteiger partial charge in [-0.3, -0.25) is 4.79 Å². The van der Waals surface area contributed by atoms with Gasteiger partial charge in [-0.1, -0.05) is 35.3 Å². The third-order valence-corrected chi connectivity index (χ3v) is 5.14. The second-order valence-corrected chi connectivity index (χ2v) is 7.48. The van der Waals surface area contributed by atoms with E-state index in [0.717, 1.165) is 30.0 Å². The van der Waals surface area contributed by atoms with Gasteiger partial charge in [-0.05, 0) is 49.8 Å². The molecule has 7 heteroatoms. The van der Waals surface area contributed by atoms with Crippen molar-refractivity contribution in [3.05, 3.63) is 57.6 Å². The first-order valence-electron chi connectivity index (χ1n) is 8.59. The first-order chi connectivity index (χ1) is 12.4. The average molecular weight is 430 g/mol. The average Bonchev–Trinajstić information content (AvgIpc) is 3.01. The number of carbonyl (C=O) groups is 1. The zero-order chi connectivity index (χ0) is 18.7. The molecule has 0 atom stereocenters. The third-order valence-electron chi connectivity index (χ3n) is 4.40. The zero-order valence-corrected chi connectivity index (χ0v) is 17.7. The Morgan fingerprint density at radius 3 is 2.63 bits per heavy atom. The van der Waals surface area contributed by atoms with Crippen LogP contribution in [-0.2, 0) is 17.6 Å². The minimum absolute atomic E-state index is 0. The van der Waals surface area contributed by atoms with Crippen molar-refractivity contribution in [1.82, 2.24) is 4.90 Å². The fraction of sp³-hybridized carbons (Fsp3) is 0.350. The molecule has 27 heavy (non-hydrogen) atoms. The van der Waals surface area contributed by atoms with Gasteiger partial charge in [0.2, 0.25) is 5.91 Å². The smallest absolute Gasteiger partial charge is 0.231 e. The van der Waals surface area contributed by atoms with Crippen LogP contribution in [0.4, 0.5) is 5.69 Å². The molecule has 1 aliphatic rings. The summed E-state index contributed by atoms with van der Waals surface area (Å²) in [5, 5.41) is 0.962. The molecule has 146 valence electrons. The maximum Gasteiger partial charge on any atom is 0.231 e. The summed E-state index contributed by atoms with van der Waals surface area (Å²) in [5.41, 5.74) is 2.97. The SMILES string of the molecule is CN(C)CCOc1ccc2c(c1)N(C(=O)Cc1ccc(Cl)c(Cl)c1)CC2.Cl. The number of nitrogens with zero attached hydrogens (tertiary/aromatic N) is 2. The van der Waals surface area contributed by atoms with Gasteiger partial charge >= 0.3 is 0 Å². The molecule has 0 unspecified atom stereocenters. The lowest BCUT2D eigenvalue weighted by atomic mass is 10.1. The molecule has 0 bridgehead atoms. The van der Waals surface area contributed by atoms with Crippen LogP contribution in [-0.4, -0.2) is 44.6 Å². The molecule has 0 saturated heterocycles. The van der Waals surface area contributed by atoms with E-state index in [1.54, 1.807) is 12.1 Å². The van der Waals surface area contributed by atoms with E-state index < -0.39 is 0 Å². The van der Waals surface area contributed by atoms with E-state index in [4.69, 9.17) is 27.9 Å². The van der Waals surface area contributed by atoms with E-state index in [0.29, 0.717) is 29.6 Å². The molecule has 2 aromatic rings. The minimum Gasteiger partial charge on any atom is -0.492 e. The van der Waals surface area contributed by atoms with E-state index in [9.17, 15) is 4.79 Å². The van der Waals surface area contributed by atoms with Crippen molar-refractivity contribution in [2.75, 3.05) is 38.7 Å². The lowest BCUT2D eigenvalue weighted by molar-refractivity contribution is -0.117. The number of rotatable bonds is 6. The number of hydrogen-bond donors (Lipinski definition) is 0. The quantitative estimate of drug-likeness (QED) is 0.678. The molecule has 0 saturated carbocycles. The highest BCUT2D eigenvalue weighted by Crippen LogP contribution is 2.32. The van der Waals surface area contributed by atoms with Gasteiger partial charge in [-0.25, -0.2) is 0 Å². The van der Waals surface area contributed by atoms with Crippen LogP contribution in [0.5, 0.6) is 5.75 Å². The van der Waals surface area contributed by atoms with E-state index in [2.05, 4.69) is 4.90 Å². The Balaban J connectivity index is 0.00000261. The summed E-state index contributed by atoms with van der Waals surface area (Å²) < 4.78 is 5.81. The maximum atomic E-state index is 12.8. The van der Waals surface area contributed by atoms with E-state index >= 15 is 0 Å². The van der Waals surface area contributed by atoms with Gasteiger partial charge in [-0.2, -0.15) is 0 Å². The van der Waals surface area contributed by atoms with Crippen molar-refractivity contribution in [1.29, 1.82) is 0 Å². The van der Waals surface area contributed by atoms with Crippen molar-refractivity contribution in [2.45, 2.75) is 12.8 Å². The number of halogens is 3.